The molecule has 0 bridgehead atoms. The number of hydrogen-bond donors (Lipinski definition) is 0. The molecule has 104 valence electrons. The third-order valence-electron chi connectivity index (χ3n) is 2.10. The largest absolute Gasteiger partial charge is 0.497 e. The molecule has 0 unspecified atom stereocenters. The molecule has 19 heavy (non-hydrogen) atoms. The van der Waals surface area contributed by atoms with Crippen LogP contribution in [0.4, 0.5) is 0 Å². The predicted molar refractivity (Wildman–Crippen MR) is 79.6 cm³/mol. The van der Waals surface area contributed by atoms with E-state index in [0.29, 0.717) is 0 Å². The van der Waals surface area contributed by atoms with Crippen LogP contribution in [0, 0.1) is 0 Å². The van der Waals surface area contributed by atoms with E-state index in [1.165, 1.54) is 0 Å². The Bertz CT molecular complexity index is 410. The monoisotopic (exact) mass is 302 g/mol. The zero-order valence-electron chi connectivity index (χ0n) is 10.7. The van der Waals surface area contributed by atoms with E-state index in [1.807, 2.05) is 24.3 Å². The van der Waals surface area contributed by atoms with Gasteiger partial charge < -0.3 is 14.9 Å². The third-order valence-corrected chi connectivity index (χ3v) is 2.60. The fraction of sp³-hybridized carbons (Fsp3) is 0.143. The molecule has 0 heterocycles. The van der Waals surface area contributed by atoms with Crippen LogP contribution in [0.1, 0.15) is 0 Å². The van der Waals surface area contributed by atoms with Gasteiger partial charge in [0.25, 0.3) is 0 Å². The fourth-order valence-electron chi connectivity index (χ4n) is 1.14. The van der Waals surface area contributed by atoms with Gasteiger partial charge in [0, 0.05) is 10.0 Å². The van der Waals surface area contributed by atoms with Crippen LogP contribution in [-0.2, 0) is 0 Å². The minimum absolute atomic E-state index is 0. The molecule has 2 aromatic carbocycles. The van der Waals surface area contributed by atoms with E-state index in [1.54, 1.807) is 38.5 Å². The first-order valence-electron chi connectivity index (χ1n) is 5.25. The summed E-state index contributed by atoms with van der Waals surface area (Å²) in [6.07, 6.45) is 0. The van der Waals surface area contributed by atoms with Crippen molar-refractivity contribution in [1.82, 2.24) is 0 Å². The second kappa shape index (κ2) is 9.50. The van der Waals surface area contributed by atoms with Crippen LogP contribution in [0.15, 0.2) is 48.5 Å². The summed E-state index contributed by atoms with van der Waals surface area (Å²) in [7, 11) is 3.26. The van der Waals surface area contributed by atoms with Crippen molar-refractivity contribution in [3.63, 3.8) is 0 Å². The van der Waals surface area contributed by atoms with Gasteiger partial charge in [-0.05, 0) is 48.5 Å². The van der Waals surface area contributed by atoms with Gasteiger partial charge in [0.1, 0.15) is 11.5 Å². The molecule has 0 saturated carbocycles. The summed E-state index contributed by atoms with van der Waals surface area (Å²) in [5, 5.41) is 1.46. The Balaban J connectivity index is 0.000000324. The van der Waals surface area contributed by atoms with E-state index in [9.17, 15) is 0 Å². The highest BCUT2D eigenvalue weighted by Crippen LogP contribution is 2.14. The lowest BCUT2D eigenvalue weighted by molar-refractivity contribution is 0.414. The fourth-order valence-corrected chi connectivity index (χ4v) is 1.39. The van der Waals surface area contributed by atoms with Gasteiger partial charge >= 0.3 is 0 Å². The van der Waals surface area contributed by atoms with E-state index >= 15 is 0 Å². The van der Waals surface area contributed by atoms with Gasteiger partial charge in [-0.3, -0.25) is 0 Å². The Labute approximate surface area is 123 Å². The average Bonchev–Trinajstić information content (AvgIpc) is 2.41. The van der Waals surface area contributed by atoms with E-state index in [0.717, 1.165) is 21.5 Å². The molecule has 0 fully saturated rings. The molecule has 5 heteroatoms. The first-order valence-corrected chi connectivity index (χ1v) is 6.00. The minimum atomic E-state index is 0. The lowest BCUT2D eigenvalue weighted by Gasteiger charge is -1.96. The topological polar surface area (TPSA) is 50.0 Å². The van der Waals surface area contributed by atoms with Crippen molar-refractivity contribution in [2.75, 3.05) is 14.2 Å². The van der Waals surface area contributed by atoms with E-state index in [2.05, 4.69) is 0 Å². The van der Waals surface area contributed by atoms with Crippen molar-refractivity contribution in [2.45, 2.75) is 0 Å². The van der Waals surface area contributed by atoms with Crippen molar-refractivity contribution >= 4 is 23.2 Å². The van der Waals surface area contributed by atoms with E-state index in [4.69, 9.17) is 32.7 Å². The van der Waals surface area contributed by atoms with Gasteiger partial charge in [-0.1, -0.05) is 23.2 Å². The summed E-state index contributed by atoms with van der Waals surface area (Å²) < 4.78 is 9.82. The molecule has 3 nitrogen and oxygen atoms in total. The lowest BCUT2D eigenvalue weighted by Crippen LogP contribution is -1.79. The molecule has 0 aliphatic heterocycles. The smallest absolute Gasteiger partial charge is 0.118 e. The molecule has 0 aliphatic rings. The van der Waals surface area contributed by atoms with Crippen LogP contribution in [-0.4, -0.2) is 19.7 Å². The highest BCUT2D eigenvalue weighted by molar-refractivity contribution is 6.30. The standard InChI is InChI=1S/2C7H7ClO.H2O/c2*1-9-7-4-2-6(8)3-5-7;/h2*2-5H,1H3;1H2. The molecule has 2 aromatic rings. The van der Waals surface area contributed by atoms with Gasteiger partial charge in [-0.2, -0.15) is 0 Å². The van der Waals surface area contributed by atoms with Gasteiger partial charge in [0.05, 0.1) is 14.2 Å². The van der Waals surface area contributed by atoms with Crippen LogP contribution in [0.3, 0.4) is 0 Å². The second-order valence-corrected chi connectivity index (χ2v) is 4.19. The Morgan fingerprint density at radius 3 is 1.11 bits per heavy atom. The minimum Gasteiger partial charge on any atom is -0.497 e. The van der Waals surface area contributed by atoms with Gasteiger partial charge in [-0.25, -0.2) is 0 Å². The Morgan fingerprint density at radius 1 is 0.632 bits per heavy atom. The molecule has 0 aromatic heterocycles. The molecule has 0 amide bonds. The van der Waals surface area contributed by atoms with Crippen molar-refractivity contribution in [3.05, 3.63) is 58.6 Å². The number of halogens is 2. The Hall–Kier alpha value is -1.42. The molecule has 0 atom stereocenters. The first kappa shape index (κ1) is 17.6. The van der Waals surface area contributed by atoms with Crippen molar-refractivity contribution in [3.8, 4) is 11.5 Å². The van der Waals surface area contributed by atoms with E-state index in [-0.39, 0.29) is 5.48 Å². The maximum Gasteiger partial charge on any atom is 0.118 e. The van der Waals surface area contributed by atoms with Crippen LogP contribution in [0.5, 0.6) is 11.5 Å². The summed E-state index contributed by atoms with van der Waals surface area (Å²) >= 11 is 11.2. The molecule has 0 saturated heterocycles. The van der Waals surface area contributed by atoms with Crippen LogP contribution in [0.25, 0.3) is 0 Å². The van der Waals surface area contributed by atoms with Crippen LogP contribution >= 0.6 is 23.2 Å². The second-order valence-electron chi connectivity index (χ2n) is 3.32. The molecular formula is C14H16Cl2O3. The summed E-state index contributed by atoms with van der Waals surface area (Å²) in [6.45, 7) is 0. The van der Waals surface area contributed by atoms with Crippen molar-refractivity contribution in [2.24, 2.45) is 0 Å². The van der Waals surface area contributed by atoms with Gasteiger partial charge in [0.15, 0.2) is 0 Å². The first-order chi connectivity index (χ1) is 8.65. The van der Waals surface area contributed by atoms with Gasteiger partial charge in [0.2, 0.25) is 0 Å². The Kier molecular flexibility index (Phi) is 8.79. The Morgan fingerprint density at radius 2 is 0.895 bits per heavy atom. The number of ether oxygens (including phenoxy) is 2. The predicted octanol–water partition coefficient (Wildman–Crippen LogP) is 3.87. The molecule has 2 rings (SSSR count). The highest BCUT2D eigenvalue weighted by Gasteiger charge is 1.87. The zero-order chi connectivity index (χ0) is 13.4. The van der Waals surface area contributed by atoms with Crippen LogP contribution in [0.2, 0.25) is 10.0 Å². The SMILES string of the molecule is COc1ccc(Cl)cc1.COc1ccc(Cl)cc1.O. The zero-order valence-corrected chi connectivity index (χ0v) is 12.2. The lowest BCUT2D eigenvalue weighted by atomic mass is 10.3. The molecule has 0 radical (unpaired) electrons. The molecule has 0 spiro atoms. The normalized spacial score (nSPS) is 8.63. The molecular weight excluding hydrogens is 287 g/mol. The highest BCUT2D eigenvalue weighted by atomic mass is 35.5. The number of hydrogen-bond acceptors (Lipinski definition) is 2. The summed E-state index contributed by atoms with van der Waals surface area (Å²) in [4.78, 5) is 0. The van der Waals surface area contributed by atoms with Crippen molar-refractivity contribution < 1.29 is 14.9 Å². The summed E-state index contributed by atoms with van der Waals surface area (Å²) in [5.74, 6) is 1.67. The average molecular weight is 303 g/mol. The quantitative estimate of drug-likeness (QED) is 0.845. The third kappa shape index (κ3) is 6.91. The number of rotatable bonds is 2. The number of methoxy groups -OCH3 is 2. The maximum absolute atomic E-state index is 5.61. The van der Waals surface area contributed by atoms with E-state index < -0.39 is 0 Å². The summed E-state index contributed by atoms with van der Waals surface area (Å²) in [6, 6.07) is 14.5. The number of benzene rings is 2. The maximum atomic E-state index is 5.61. The van der Waals surface area contributed by atoms with Gasteiger partial charge in [-0.15, -0.1) is 0 Å². The van der Waals surface area contributed by atoms with Crippen molar-refractivity contribution in [1.29, 1.82) is 0 Å². The van der Waals surface area contributed by atoms with Crippen LogP contribution < -0.4 is 9.47 Å². The summed E-state index contributed by atoms with van der Waals surface area (Å²) in [5.41, 5.74) is 0. The molecule has 0 aliphatic carbocycles. The molecule has 2 N–H and O–H groups in total.